The minimum Gasteiger partial charge on any atom is -0.323 e. The Morgan fingerprint density at radius 3 is 2.41 bits per heavy atom. The molecule has 114 valence electrons. The Bertz CT molecular complexity index is 810. The first kappa shape index (κ1) is 15.3. The number of unbranched alkanes of at least 4 members (excludes halogenated alkanes) is 1. The molecule has 22 heavy (non-hydrogen) atoms. The first-order valence-corrected chi connectivity index (χ1v) is 7.97. The van der Waals surface area contributed by atoms with Crippen molar-refractivity contribution in [2.75, 3.05) is 0 Å². The highest BCUT2D eigenvalue weighted by Crippen LogP contribution is 2.34. The number of nitrogens with zero attached hydrogens (tertiary/aromatic N) is 2. The molecule has 0 bridgehead atoms. The SMILES string of the molecule is CCCCn1c(-c2ccc(F)cc2)nc2c(Cl)ccc(Cl)c21. The van der Waals surface area contributed by atoms with Gasteiger partial charge < -0.3 is 4.57 Å². The molecule has 0 radical (unpaired) electrons. The number of fused-ring (bicyclic) bond motifs is 1. The van der Waals surface area contributed by atoms with Crippen molar-refractivity contribution in [1.29, 1.82) is 0 Å². The van der Waals surface area contributed by atoms with Crippen LogP contribution in [0.3, 0.4) is 0 Å². The second-order valence-electron chi connectivity index (χ2n) is 5.17. The molecule has 1 heterocycles. The molecule has 0 N–H and O–H groups in total. The second-order valence-corrected chi connectivity index (χ2v) is 5.99. The molecule has 5 heteroatoms. The molecule has 0 fully saturated rings. The zero-order valence-corrected chi connectivity index (χ0v) is 13.6. The van der Waals surface area contributed by atoms with Crippen LogP contribution in [-0.4, -0.2) is 9.55 Å². The number of hydrogen-bond acceptors (Lipinski definition) is 1. The van der Waals surface area contributed by atoms with Crippen LogP contribution in [0.1, 0.15) is 19.8 Å². The summed E-state index contributed by atoms with van der Waals surface area (Å²) >= 11 is 12.6. The number of halogens is 3. The Labute approximate surface area is 138 Å². The lowest BCUT2D eigenvalue weighted by Crippen LogP contribution is -2.01. The summed E-state index contributed by atoms with van der Waals surface area (Å²) in [7, 11) is 0. The van der Waals surface area contributed by atoms with Gasteiger partial charge in [-0.2, -0.15) is 0 Å². The van der Waals surface area contributed by atoms with E-state index in [1.54, 1.807) is 24.3 Å². The predicted molar refractivity (Wildman–Crippen MR) is 90.1 cm³/mol. The maximum Gasteiger partial charge on any atom is 0.141 e. The van der Waals surface area contributed by atoms with Crippen LogP contribution < -0.4 is 0 Å². The van der Waals surface area contributed by atoms with Crippen LogP contribution >= 0.6 is 23.2 Å². The largest absolute Gasteiger partial charge is 0.323 e. The van der Waals surface area contributed by atoms with Gasteiger partial charge in [-0.1, -0.05) is 36.5 Å². The summed E-state index contributed by atoms with van der Waals surface area (Å²) in [5.41, 5.74) is 2.37. The van der Waals surface area contributed by atoms with Gasteiger partial charge in [0.2, 0.25) is 0 Å². The average Bonchev–Trinajstić information content (AvgIpc) is 2.90. The summed E-state index contributed by atoms with van der Waals surface area (Å²) in [5, 5.41) is 1.19. The lowest BCUT2D eigenvalue weighted by molar-refractivity contribution is 0.627. The second kappa shape index (κ2) is 6.27. The summed E-state index contributed by atoms with van der Waals surface area (Å²) < 4.78 is 15.2. The van der Waals surface area contributed by atoms with Gasteiger partial charge >= 0.3 is 0 Å². The highest BCUT2D eigenvalue weighted by Gasteiger charge is 2.17. The van der Waals surface area contributed by atoms with Gasteiger partial charge in [-0.05, 0) is 42.8 Å². The van der Waals surface area contributed by atoms with Crippen molar-refractivity contribution in [3.8, 4) is 11.4 Å². The van der Waals surface area contributed by atoms with E-state index in [4.69, 9.17) is 23.2 Å². The molecular weight excluding hydrogens is 322 g/mol. The van der Waals surface area contributed by atoms with Gasteiger partial charge in [0, 0.05) is 12.1 Å². The molecule has 0 aliphatic rings. The van der Waals surface area contributed by atoms with Gasteiger partial charge in [0.15, 0.2) is 0 Å². The minimum atomic E-state index is -0.268. The van der Waals surface area contributed by atoms with E-state index in [1.807, 2.05) is 0 Å². The number of imidazole rings is 1. The Morgan fingerprint density at radius 1 is 1.05 bits per heavy atom. The standard InChI is InChI=1S/C17H15Cl2FN2/c1-2-3-10-22-16-14(19)9-8-13(18)15(16)21-17(22)11-4-6-12(20)7-5-11/h4-9H,2-3,10H2,1H3. The molecule has 0 aliphatic carbocycles. The van der Waals surface area contributed by atoms with E-state index in [-0.39, 0.29) is 5.82 Å². The normalized spacial score (nSPS) is 11.3. The van der Waals surface area contributed by atoms with Crippen molar-refractivity contribution >= 4 is 34.2 Å². The van der Waals surface area contributed by atoms with Crippen LogP contribution in [0.5, 0.6) is 0 Å². The summed E-state index contributed by atoms with van der Waals surface area (Å²) in [5.74, 6) is 0.495. The van der Waals surface area contributed by atoms with Crippen LogP contribution in [0.4, 0.5) is 4.39 Å². The summed E-state index contributed by atoms with van der Waals surface area (Å²) in [6.45, 7) is 2.92. The monoisotopic (exact) mass is 336 g/mol. The van der Waals surface area contributed by atoms with E-state index in [9.17, 15) is 4.39 Å². The Kier molecular flexibility index (Phi) is 4.37. The van der Waals surface area contributed by atoms with Crippen molar-refractivity contribution in [3.05, 3.63) is 52.3 Å². The number of hydrogen-bond donors (Lipinski definition) is 0. The highest BCUT2D eigenvalue weighted by atomic mass is 35.5. The van der Waals surface area contributed by atoms with Crippen LogP contribution in [0.15, 0.2) is 36.4 Å². The van der Waals surface area contributed by atoms with E-state index in [0.717, 1.165) is 36.3 Å². The van der Waals surface area contributed by atoms with Crippen molar-refractivity contribution in [2.45, 2.75) is 26.3 Å². The molecular formula is C17H15Cl2FN2. The topological polar surface area (TPSA) is 17.8 Å². The molecule has 0 aliphatic heterocycles. The molecule has 2 nitrogen and oxygen atoms in total. The van der Waals surface area contributed by atoms with E-state index in [2.05, 4.69) is 16.5 Å². The zero-order chi connectivity index (χ0) is 15.7. The smallest absolute Gasteiger partial charge is 0.141 e. The third-order valence-electron chi connectivity index (χ3n) is 3.63. The van der Waals surface area contributed by atoms with Gasteiger partial charge in [0.25, 0.3) is 0 Å². The molecule has 1 aromatic heterocycles. The van der Waals surface area contributed by atoms with Crippen LogP contribution in [0.25, 0.3) is 22.4 Å². The van der Waals surface area contributed by atoms with Crippen molar-refractivity contribution in [3.63, 3.8) is 0 Å². The van der Waals surface area contributed by atoms with Crippen LogP contribution in [0.2, 0.25) is 10.0 Å². The summed E-state index contributed by atoms with van der Waals surface area (Å²) in [6.07, 6.45) is 2.06. The summed E-state index contributed by atoms with van der Waals surface area (Å²) in [6, 6.07) is 9.84. The van der Waals surface area contributed by atoms with Gasteiger partial charge in [-0.3, -0.25) is 0 Å². The lowest BCUT2D eigenvalue weighted by Gasteiger charge is -2.09. The van der Waals surface area contributed by atoms with E-state index in [1.165, 1.54) is 12.1 Å². The van der Waals surface area contributed by atoms with Crippen LogP contribution in [-0.2, 0) is 6.54 Å². The third-order valence-corrected chi connectivity index (χ3v) is 4.24. The first-order valence-electron chi connectivity index (χ1n) is 7.22. The number of aromatic nitrogens is 2. The minimum absolute atomic E-state index is 0.268. The van der Waals surface area contributed by atoms with Crippen LogP contribution in [0, 0.1) is 5.82 Å². The zero-order valence-electron chi connectivity index (χ0n) is 12.1. The molecule has 0 saturated carbocycles. The molecule has 2 aromatic carbocycles. The number of rotatable bonds is 4. The quantitative estimate of drug-likeness (QED) is 0.575. The predicted octanol–water partition coefficient (Wildman–Crippen LogP) is 5.95. The van der Waals surface area contributed by atoms with Gasteiger partial charge in [0.1, 0.15) is 17.2 Å². The molecule has 0 amide bonds. The van der Waals surface area contributed by atoms with E-state index in [0.29, 0.717) is 15.6 Å². The summed E-state index contributed by atoms with van der Waals surface area (Å²) in [4.78, 5) is 4.65. The fourth-order valence-corrected chi connectivity index (χ4v) is 2.97. The average molecular weight is 337 g/mol. The van der Waals surface area contributed by atoms with Gasteiger partial charge in [-0.15, -0.1) is 0 Å². The maximum absolute atomic E-state index is 13.2. The molecule has 0 saturated heterocycles. The molecule has 3 rings (SSSR count). The van der Waals surface area contributed by atoms with Gasteiger partial charge in [-0.25, -0.2) is 9.37 Å². The highest BCUT2D eigenvalue weighted by molar-refractivity contribution is 6.39. The Morgan fingerprint density at radius 2 is 1.73 bits per heavy atom. The van der Waals surface area contributed by atoms with Crippen molar-refractivity contribution < 1.29 is 4.39 Å². The Balaban J connectivity index is 2.26. The molecule has 3 aromatic rings. The lowest BCUT2D eigenvalue weighted by atomic mass is 10.2. The van der Waals surface area contributed by atoms with Gasteiger partial charge in [0.05, 0.1) is 15.6 Å². The fraction of sp³-hybridized carbons (Fsp3) is 0.235. The van der Waals surface area contributed by atoms with Crippen molar-refractivity contribution in [1.82, 2.24) is 9.55 Å². The maximum atomic E-state index is 13.2. The number of aryl methyl sites for hydroxylation is 1. The molecule has 0 atom stereocenters. The Hall–Kier alpha value is -1.58. The third kappa shape index (κ3) is 2.71. The molecule has 0 spiro atoms. The number of benzene rings is 2. The van der Waals surface area contributed by atoms with Crippen molar-refractivity contribution in [2.24, 2.45) is 0 Å². The first-order chi connectivity index (χ1) is 10.6. The van der Waals surface area contributed by atoms with E-state index < -0.39 is 0 Å². The molecule has 0 unspecified atom stereocenters. The van der Waals surface area contributed by atoms with E-state index >= 15 is 0 Å². The fourth-order valence-electron chi connectivity index (χ4n) is 2.52.